The lowest BCUT2D eigenvalue weighted by Gasteiger charge is -2.13. The van der Waals surface area contributed by atoms with E-state index in [1.54, 1.807) is 7.11 Å². The van der Waals surface area contributed by atoms with Crippen LogP contribution in [0.25, 0.3) is 0 Å². The molecule has 0 aliphatic heterocycles. The van der Waals surface area contributed by atoms with Crippen LogP contribution in [0.2, 0.25) is 0 Å². The number of likely N-dealkylation sites (N-methyl/N-ethyl adjacent to an activating group) is 1. The Balaban J connectivity index is 2.13. The van der Waals surface area contributed by atoms with Crippen LogP contribution in [0.1, 0.15) is 30.2 Å². The van der Waals surface area contributed by atoms with Crippen LogP contribution in [0.5, 0.6) is 5.88 Å². The van der Waals surface area contributed by atoms with Crippen LogP contribution >= 0.6 is 0 Å². The summed E-state index contributed by atoms with van der Waals surface area (Å²) in [5, 5.41) is 3.25. The zero-order valence-electron chi connectivity index (χ0n) is 11.5. The fraction of sp³-hybridized carbons (Fsp3) is 0.429. The molecule has 0 radical (unpaired) electrons. The summed E-state index contributed by atoms with van der Waals surface area (Å²) >= 11 is 0. The van der Waals surface area contributed by atoms with Crippen LogP contribution in [-0.2, 0) is 12.8 Å². The molecule has 1 unspecified atom stereocenters. The number of nitrogens with one attached hydrogen (secondary N) is 1. The lowest BCUT2D eigenvalue weighted by atomic mass is 10.1. The van der Waals surface area contributed by atoms with Crippen molar-refractivity contribution in [3.05, 3.63) is 41.7 Å². The molecule has 5 nitrogen and oxygen atoms in total. The summed E-state index contributed by atoms with van der Waals surface area (Å²) in [6.45, 7) is 2.08. The molecule has 0 spiro atoms. The molecule has 2 heterocycles. The van der Waals surface area contributed by atoms with E-state index >= 15 is 0 Å². The Labute approximate surface area is 113 Å². The van der Waals surface area contributed by atoms with Gasteiger partial charge in [-0.25, -0.2) is 9.97 Å². The van der Waals surface area contributed by atoms with E-state index in [1.165, 1.54) is 6.33 Å². The highest BCUT2D eigenvalue weighted by molar-refractivity contribution is 5.17. The van der Waals surface area contributed by atoms with Crippen molar-refractivity contribution in [1.82, 2.24) is 15.3 Å². The fourth-order valence-electron chi connectivity index (χ4n) is 1.93. The van der Waals surface area contributed by atoms with Gasteiger partial charge in [0, 0.05) is 24.6 Å². The van der Waals surface area contributed by atoms with Gasteiger partial charge in [-0.1, -0.05) is 6.92 Å². The standard InChI is InChI=1S/C14H19N3O2/c1-4-11-5-6-13(19-11)12(15-2)7-10-8-14(18-3)17-9-16-10/h5-6,8-9,12,15H,4,7H2,1-3H3. The van der Waals surface area contributed by atoms with E-state index in [9.17, 15) is 0 Å². The summed E-state index contributed by atoms with van der Waals surface area (Å²) in [5.41, 5.74) is 0.917. The minimum atomic E-state index is 0.0971. The summed E-state index contributed by atoms with van der Waals surface area (Å²) in [6, 6.07) is 5.96. The van der Waals surface area contributed by atoms with Gasteiger partial charge in [-0.05, 0) is 19.2 Å². The van der Waals surface area contributed by atoms with E-state index in [-0.39, 0.29) is 6.04 Å². The highest BCUT2D eigenvalue weighted by Gasteiger charge is 2.15. The van der Waals surface area contributed by atoms with Crippen LogP contribution in [0, 0.1) is 0 Å². The van der Waals surface area contributed by atoms with Crippen LogP contribution in [0.3, 0.4) is 0 Å². The molecule has 19 heavy (non-hydrogen) atoms. The molecular formula is C14H19N3O2. The zero-order valence-corrected chi connectivity index (χ0v) is 11.5. The smallest absolute Gasteiger partial charge is 0.216 e. The second kappa shape index (κ2) is 6.33. The summed E-state index contributed by atoms with van der Waals surface area (Å²) in [4.78, 5) is 8.26. The van der Waals surface area contributed by atoms with Crippen LogP contribution < -0.4 is 10.1 Å². The molecule has 1 atom stereocenters. The van der Waals surface area contributed by atoms with Crippen LogP contribution in [0.4, 0.5) is 0 Å². The molecular weight excluding hydrogens is 242 g/mol. The third-order valence-electron chi connectivity index (χ3n) is 3.04. The van der Waals surface area contributed by atoms with E-state index in [4.69, 9.17) is 9.15 Å². The number of rotatable bonds is 6. The molecule has 2 aromatic heterocycles. The lowest BCUT2D eigenvalue weighted by Crippen LogP contribution is -2.18. The topological polar surface area (TPSA) is 60.2 Å². The van der Waals surface area contributed by atoms with Gasteiger partial charge in [-0.2, -0.15) is 0 Å². The van der Waals surface area contributed by atoms with Gasteiger partial charge in [0.15, 0.2) is 0 Å². The maximum Gasteiger partial charge on any atom is 0.216 e. The normalized spacial score (nSPS) is 12.4. The minimum Gasteiger partial charge on any atom is -0.481 e. The second-order valence-corrected chi connectivity index (χ2v) is 4.25. The van der Waals surface area contributed by atoms with Gasteiger partial charge < -0.3 is 14.5 Å². The molecule has 2 rings (SSSR count). The van der Waals surface area contributed by atoms with Crippen LogP contribution in [0.15, 0.2) is 28.9 Å². The van der Waals surface area contributed by atoms with Crippen molar-refractivity contribution in [3.8, 4) is 5.88 Å². The van der Waals surface area contributed by atoms with E-state index in [0.717, 1.165) is 30.1 Å². The first-order chi connectivity index (χ1) is 9.26. The van der Waals surface area contributed by atoms with Crippen molar-refractivity contribution in [1.29, 1.82) is 0 Å². The minimum absolute atomic E-state index is 0.0971. The third kappa shape index (κ3) is 3.32. The summed E-state index contributed by atoms with van der Waals surface area (Å²) in [5.74, 6) is 2.50. The first-order valence-electron chi connectivity index (χ1n) is 6.37. The predicted octanol–water partition coefficient (Wildman–Crippen LogP) is 2.14. The summed E-state index contributed by atoms with van der Waals surface area (Å²) in [6.07, 6.45) is 3.14. The Hall–Kier alpha value is -1.88. The fourth-order valence-corrected chi connectivity index (χ4v) is 1.93. The molecule has 0 saturated carbocycles. The molecule has 1 N–H and O–H groups in total. The monoisotopic (exact) mass is 261 g/mol. The van der Waals surface area contributed by atoms with Gasteiger partial charge in [0.05, 0.1) is 13.2 Å². The Morgan fingerprint density at radius 1 is 1.37 bits per heavy atom. The number of ether oxygens (including phenoxy) is 1. The first-order valence-corrected chi connectivity index (χ1v) is 6.37. The SMILES string of the molecule is CCc1ccc(C(Cc2cc(OC)ncn2)NC)o1. The Morgan fingerprint density at radius 3 is 2.84 bits per heavy atom. The Bertz CT molecular complexity index is 525. The van der Waals surface area contributed by atoms with Gasteiger partial charge >= 0.3 is 0 Å². The van der Waals surface area contributed by atoms with Crippen molar-refractivity contribution in [3.63, 3.8) is 0 Å². The van der Waals surface area contributed by atoms with E-state index in [0.29, 0.717) is 5.88 Å². The number of methoxy groups -OCH3 is 1. The molecule has 0 aromatic carbocycles. The summed E-state index contributed by atoms with van der Waals surface area (Å²) in [7, 11) is 3.51. The molecule has 0 saturated heterocycles. The zero-order chi connectivity index (χ0) is 13.7. The van der Waals surface area contributed by atoms with Crippen molar-refractivity contribution >= 4 is 0 Å². The average Bonchev–Trinajstić information content (AvgIpc) is 2.93. The number of hydrogen-bond donors (Lipinski definition) is 1. The number of hydrogen-bond acceptors (Lipinski definition) is 5. The van der Waals surface area contributed by atoms with Crippen molar-refractivity contribution in [2.45, 2.75) is 25.8 Å². The average molecular weight is 261 g/mol. The molecule has 102 valence electrons. The number of nitrogens with zero attached hydrogens (tertiary/aromatic N) is 2. The Morgan fingerprint density at radius 2 is 2.21 bits per heavy atom. The largest absolute Gasteiger partial charge is 0.481 e. The van der Waals surface area contributed by atoms with Crippen LogP contribution in [-0.4, -0.2) is 24.1 Å². The third-order valence-corrected chi connectivity index (χ3v) is 3.04. The van der Waals surface area contributed by atoms with Gasteiger partial charge in [-0.15, -0.1) is 0 Å². The maximum atomic E-state index is 5.78. The van der Waals surface area contributed by atoms with Crippen molar-refractivity contribution in [2.24, 2.45) is 0 Å². The molecule has 0 aliphatic carbocycles. The van der Waals surface area contributed by atoms with E-state index in [1.807, 2.05) is 25.2 Å². The molecule has 0 fully saturated rings. The number of furan rings is 1. The molecule has 2 aromatic rings. The van der Waals surface area contributed by atoms with E-state index < -0.39 is 0 Å². The van der Waals surface area contributed by atoms with Gasteiger partial charge in [0.1, 0.15) is 17.8 Å². The van der Waals surface area contributed by atoms with Crippen molar-refractivity contribution < 1.29 is 9.15 Å². The quantitative estimate of drug-likeness (QED) is 0.863. The number of aromatic nitrogens is 2. The highest BCUT2D eigenvalue weighted by atomic mass is 16.5. The van der Waals surface area contributed by atoms with Gasteiger partial charge in [0.2, 0.25) is 5.88 Å². The van der Waals surface area contributed by atoms with Gasteiger partial charge in [-0.3, -0.25) is 0 Å². The molecule has 5 heteroatoms. The maximum absolute atomic E-state index is 5.78. The Kier molecular flexibility index (Phi) is 4.52. The molecule has 0 aliphatic rings. The van der Waals surface area contributed by atoms with Gasteiger partial charge in [0.25, 0.3) is 0 Å². The van der Waals surface area contributed by atoms with E-state index in [2.05, 4.69) is 22.2 Å². The molecule has 0 bridgehead atoms. The van der Waals surface area contributed by atoms with Crippen molar-refractivity contribution in [2.75, 3.05) is 14.2 Å². The second-order valence-electron chi connectivity index (χ2n) is 4.25. The number of aryl methyl sites for hydroxylation is 1. The first kappa shape index (κ1) is 13.5. The summed E-state index contributed by atoms with van der Waals surface area (Å²) < 4.78 is 10.9. The highest BCUT2D eigenvalue weighted by Crippen LogP contribution is 2.21. The molecule has 0 amide bonds. The predicted molar refractivity (Wildman–Crippen MR) is 72.2 cm³/mol. The lowest BCUT2D eigenvalue weighted by molar-refractivity contribution is 0.391.